The van der Waals surface area contributed by atoms with E-state index in [0.717, 1.165) is 17.1 Å². The molecule has 0 spiro atoms. The molecule has 1 aliphatic rings. The van der Waals surface area contributed by atoms with E-state index in [1.807, 2.05) is 48.9 Å². The molecule has 1 atom stereocenters. The van der Waals surface area contributed by atoms with E-state index in [9.17, 15) is 9.90 Å². The Labute approximate surface area is 150 Å². The number of benzene rings is 1. The Hall–Kier alpha value is -1.79. The van der Waals surface area contributed by atoms with Crippen LogP contribution in [0.2, 0.25) is 0 Å². The van der Waals surface area contributed by atoms with Gasteiger partial charge in [0.15, 0.2) is 0 Å². The van der Waals surface area contributed by atoms with Gasteiger partial charge in [-0.3, -0.25) is 9.69 Å². The highest BCUT2D eigenvalue weighted by Gasteiger charge is 2.32. The maximum atomic E-state index is 12.7. The van der Waals surface area contributed by atoms with Crippen LogP contribution in [0.5, 0.6) is 11.5 Å². The molecule has 1 N–H and O–H groups in total. The fourth-order valence-corrected chi connectivity index (χ4v) is 3.05. The minimum Gasteiger partial charge on any atom is -0.497 e. The smallest absolute Gasteiger partial charge is 0.239 e. The molecule has 0 aromatic heterocycles. The van der Waals surface area contributed by atoms with Crippen LogP contribution < -0.4 is 9.47 Å². The number of amides is 1. The molecule has 1 unspecified atom stereocenters. The second-order valence-corrected chi connectivity index (χ2v) is 7.09. The lowest BCUT2D eigenvalue weighted by molar-refractivity contribution is -0.139. The first-order valence-electron chi connectivity index (χ1n) is 8.69. The van der Waals surface area contributed by atoms with Gasteiger partial charge in [-0.25, -0.2) is 0 Å². The number of aliphatic hydroxyl groups is 1. The second-order valence-electron chi connectivity index (χ2n) is 7.09. The zero-order chi connectivity index (χ0) is 18.6. The molecule has 1 aliphatic heterocycles. The van der Waals surface area contributed by atoms with Crippen molar-refractivity contribution in [3.05, 3.63) is 23.8 Å². The van der Waals surface area contributed by atoms with Gasteiger partial charge in [0.1, 0.15) is 11.5 Å². The number of piperidine rings is 1. The normalized spacial score (nSPS) is 18.1. The predicted molar refractivity (Wildman–Crippen MR) is 96.9 cm³/mol. The molecule has 6 nitrogen and oxygen atoms in total. The van der Waals surface area contributed by atoms with E-state index in [4.69, 9.17) is 9.47 Å². The van der Waals surface area contributed by atoms with Crippen LogP contribution in [0.3, 0.4) is 0 Å². The van der Waals surface area contributed by atoms with Crippen molar-refractivity contribution in [1.82, 2.24) is 9.80 Å². The summed E-state index contributed by atoms with van der Waals surface area (Å²) in [7, 11) is 5.19. The summed E-state index contributed by atoms with van der Waals surface area (Å²) in [5.74, 6) is 1.60. The van der Waals surface area contributed by atoms with Crippen LogP contribution in [-0.2, 0) is 11.3 Å². The van der Waals surface area contributed by atoms with E-state index in [1.54, 1.807) is 14.2 Å². The highest BCUT2D eigenvalue weighted by Crippen LogP contribution is 2.26. The molecule has 6 heteroatoms. The number of likely N-dealkylation sites (N-methyl/N-ethyl adjacent to an activating group) is 1. The van der Waals surface area contributed by atoms with E-state index >= 15 is 0 Å². The van der Waals surface area contributed by atoms with Crippen LogP contribution in [0, 0.1) is 0 Å². The van der Waals surface area contributed by atoms with Gasteiger partial charge in [0.2, 0.25) is 5.91 Å². The van der Waals surface area contributed by atoms with Crippen molar-refractivity contribution >= 4 is 5.91 Å². The van der Waals surface area contributed by atoms with Gasteiger partial charge in [-0.05, 0) is 39.8 Å². The lowest BCUT2D eigenvalue weighted by Crippen LogP contribution is -2.51. The van der Waals surface area contributed by atoms with Gasteiger partial charge in [0.05, 0.1) is 25.9 Å². The predicted octanol–water partition coefficient (Wildman–Crippen LogP) is 1.90. The fourth-order valence-electron chi connectivity index (χ4n) is 3.05. The third-order valence-electron chi connectivity index (χ3n) is 5.08. The topological polar surface area (TPSA) is 62.2 Å². The molecular weight excluding hydrogens is 320 g/mol. The van der Waals surface area contributed by atoms with Crippen molar-refractivity contribution in [3.8, 4) is 11.5 Å². The Morgan fingerprint density at radius 1 is 1.32 bits per heavy atom. The second kappa shape index (κ2) is 8.06. The first-order valence-corrected chi connectivity index (χ1v) is 8.69. The van der Waals surface area contributed by atoms with E-state index in [1.165, 1.54) is 0 Å². The average Bonchev–Trinajstić information content (AvgIpc) is 2.60. The van der Waals surface area contributed by atoms with Gasteiger partial charge in [-0.2, -0.15) is 0 Å². The summed E-state index contributed by atoms with van der Waals surface area (Å²) < 4.78 is 10.7. The molecule has 0 radical (unpaired) electrons. The Bertz CT molecular complexity index is 593. The van der Waals surface area contributed by atoms with Crippen molar-refractivity contribution in [2.75, 3.05) is 34.4 Å². The van der Waals surface area contributed by atoms with Crippen molar-refractivity contribution < 1.29 is 19.4 Å². The molecule has 1 aromatic rings. The number of nitrogens with zero attached hydrogens (tertiary/aromatic N) is 2. The van der Waals surface area contributed by atoms with Crippen LogP contribution >= 0.6 is 0 Å². The van der Waals surface area contributed by atoms with Gasteiger partial charge < -0.3 is 19.5 Å². The van der Waals surface area contributed by atoms with Crippen molar-refractivity contribution in [1.29, 1.82) is 0 Å². The summed E-state index contributed by atoms with van der Waals surface area (Å²) >= 11 is 0. The molecule has 1 fully saturated rings. The first-order chi connectivity index (χ1) is 11.8. The van der Waals surface area contributed by atoms with E-state index in [0.29, 0.717) is 32.5 Å². The number of hydrogen-bond donors (Lipinski definition) is 1. The van der Waals surface area contributed by atoms with Gasteiger partial charge in [0, 0.05) is 31.3 Å². The zero-order valence-corrected chi connectivity index (χ0v) is 15.9. The average molecular weight is 350 g/mol. The summed E-state index contributed by atoms with van der Waals surface area (Å²) in [5.41, 5.74) is 0.356. The standard InChI is InChI=1S/C19H30N2O4/c1-14(18(22)21-10-8-19(2,23)9-11-21)20(3)13-15-6-7-16(24-4)12-17(15)25-5/h6-7,12,14,23H,8-11,13H2,1-5H3. The highest BCUT2D eigenvalue weighted by atomic mass is 16.5. The molecule has 2 rings (SSSR count). The quantitative estimate of drug-likeness (QED) is 0.849. The molecule has 1 saturated heterocycles. The summed E-state index contributed by atoms with van der Waals surface area (Å²) in [6, 6.07) is 5.46. The Kier molecular flexibility index (Phi) is 6.30. The fraction of sp³-hybridized carbons (Fsp3) is 0.632. The molecule has 0 saturated carbocycles. The minimum absolute atomic E-state index is 0.102. The van der Waals surface area contributed by atoms with Crippen LogP contribution in [0.4, 0.5) is 0 Å². The maximum absolute atomic E-state index is 12.7. The van der Waals surface area contributed by atoms with Crippen LogP contribution in [-0.4, -0.2) is 66.8 Å². The van der Waals surface area contributed by atoms with Gasteiger partial charge in [-0.1, -0.05) is 6.07 Å². The van der Waals surface area contributed by atoms with E-state index < -0.39 is 5.60 Å². The number of hydrogen-bond acceptors (Lipinski definition) is 5. The number of carbonyl (C=O) groups excluding carboxylic acids is 1. The number of likely N-dealkylation sites (tertiary alicyclic amines) is 1. The molecule has 25 heavy (non-hydrogen) atoms. The largest absolute Gasteiger partial charge is 0.497 e. The van der Waals surface area contributed by atoms with Crippen molar-refractivity contribution in [2.24, 2.45) is 0 Å². The molecule has 0 aliphatic carbocycles. The number of carbonyl (C=O) groups is 1. The Morgan fingerprint density at radius 2 is 1.96 bits per heavy atom. The van der Waals surface area contributed by atoms with E-state index in [-0.39, 0.29) is 11.9 Å². The van der Waals surface area contributed by atoms with Gasteiger partial charge in [0.25, 0.3) is 0 Å². The summed E-state index contributed by atoms with van der Waals surface area (Å²) in [4.78, 5) is 16.6. The molecule has 140 valence electrons. The highest BCUT2D eigenvalue weighted by molar-refractivity contribution is 5.81. The lowest BCUT2D eigenvalue weighted by Gasteiger charge is -2.38. The van der Waals surface area contributed by atoms with Gasteiger partial charge >= 0.3 is 0 Å². The first kappa shape index (κ1) is 19.5. The SMILES string of the molecule is COc1ccc(CN(C)C(C)C(=O)N2CCC(C)(O)CC2)c(OC)c1. The number of methoxy groups -OCH3 is 2. The molecule has 1 heterocycles. The summed E-state index contributed by atoms with van der Waals surface area (Å²) in [5, 5.41) is 10.0. The molecule has 1 amide bonds. The van der Waals surface area contributed by atoms with Crippen LogP contribution in [0.15, 0.2) is 18.2 Å². The Balaban J connectivity index is 2.00. The van der Waals surface area contributed by atoms with Crippen LogP contribution in [0.25, 0.3) is 0 Å². The zero-order valence-electron chi connectivity index (χ0n) is 15.9. The van der Waals surface area contributed by atoms with Crippen LogP contribution in [0.1, 0.15) is 32.3 Å². The van der Waals surface area contributed by atoms with Crippen molar-refractivity contribution in [2.45, 2.75) is 44.9 Å². The third kappa shape index (κ3) is 4.86. The third-order valence-corrected chi connectivity index (χ3v) is 5.08. The Morgan fingerprint density at radius 3 is 2.52 bits per heavy atom. The molecular formula is C19H30N2O4. The summed E-state index contributed by atoms with van der Waals surface area (Å²) in [6.45, 7) is 5.57. The van der Waals surface area contributed by atoms with Gasteiger partial charge in [-0.15, -0.1) is 0 Å². The molecule has 1 aromatic carbocycles. The monoisotopic (exact) mass is 350 g/mol. The number of rotatable bonds is 6. The maximum Gasteiger partial charge on any atom is 0.239 e. The van der Waals surface area contributed by atoms with E-state index in [2.05, 4.69) is 0 Å². The summed E-state index contributed by atoms with van der Waals surface area (Å²) in [6.07, 6.45) is 1.25. The lowest BCUT2D eigenvalue weighted by atomic mass is 9.93. The number of ether oxygens (including phenoxy) is 2. The molecule has 0 bridgehead atoms. The minimum atomic E-state index is -0.650. The van der Waals surface area contributed by atoms with Crippen molar-refractivity contribution in [3.63, 3.8) is 0 Å².